The summed E-state index contributed by atoms with van der Waals surface area (Å²) in [6.45, 7) is 0.712. The Labute approximate surface area is 207 Å². The van der Waals surface area contributed by atoms with Crippen LogP contribution in [-0.2, 0) is 22.4 Å². The summed E-state index contributed by atoms with van der Waals surface area (Å²) in [4.78, 5) is 37.0. The molecule has 5 N–H and O–H groups in total. The molecule has 0 bridgehead atoms. The number of carbonyl (C=O) groups is 2. The number of H-pyrrole nitrogens is 1. The number of thiazole rings is 1. The van der Waals surface area contributed by atoms with Crippen molar-refractivity contribution in [1.29, 1.82) is 0 Å². The van der Waals surface area contributed by atoms with Crippen LogP contribution in [0.4, 0.5) is 8.78 Å². The van der Waals surface area contributed by atoms with Crippen LogP contribution < -0.4 is 20.2 Å². The average molecular weight is 520 g/mol. The Kier molecular flexibility index (Phi) is 7.65. The lowest BCUT2D eigenvalue weighted by Crippen LogP contribution is -2.49. The molecule has 36 heavy (non-hydrogen) atoms. The summed E-state index contributed by atoms with van der Waals surface area (Å²) in [5.41, 5.74) is 0.539. The molecule has 0 spiro atoms. The van der Waals surface area contributed by atoms with Gasteiger partial charge < -0.3 is 25.6 Å². The summed E-state index contributed by atoms with van der Waals surface area (Å²) in [5.74, 6) is -4.48. The van der Waals surface area contributed by atoms with Crippen LogP contribution in [0.25, 0.3) is 0 Å². The fraction of sp³-hybridized carbons (Fsp3) is 0.292. The highest BCUT2D eigenvalue weighted by Gasteiger charge is 2.27. The van der Waals surface area contributed by atoms with Gasteiger partial charge in [0.25, 0.3) is 0 Å². The quantitative estimate of drug-likeness (QED) is 0.293. The maximum atomic E-state index is 14.6. The second kappa shape index (κ2) is 10.9. The molecule has 1 aromatic heterocycles. The number of carboxylic acids is 1. The molecule has 2 aromatic carbocycles. The van der Waals surface area contributed by atoms with Gasteiger partial charge in [0.05, 0.1) is 10.9 Å². The van der Waals surface area contributed by atoms with Crippen LogP contribution in [-0.4, -0.2) is 45.7 Å². The minimum Gasteiger partial charge on any atom is -0.494 e. The van der Waals surface area contributed by atoms with Crippen LogP contribution in [0.15, 0.2) is 41.2 Å². The Hall–Kier alpha value is -3.77. The van der Waals surface area contributed by atoms with Crippen LogP contribution in [0.3, 0.4) is 0 Å². The summed E-state index contributed by atoms with van der Waals surface area (Å²) in [7, 11) is 0. The molecule has 4 rings (SSSR count). The van der Waals surface area contributed by atoms with E-state index in [9.17, 15) is 33.4 Å². The van der Waals surface area contributed by atoms with Gasteiger partial charge in [-0.1, -0.05) is 29.5 Å². The molecule has 2 unspecified atom stereocenters. The molecule has 1 aliphatic rings. The second-order valence-electron chi connectivity index (χ2n) is 8.31. The van der Waals surface area contributed by atoms with E-state index in [1.807, 2.05) is 0 Å². The van der Waals surface area contributed by atoms with E-state index >= 15 is 0 Å². The minimum atomic E-state index is -1.23. The summed E-state index contributed by atoms with van der Waals surface area (Å²) >= 11 is 0.703. The van der Waals surface area contributed by atoms with Gasteiger partial charge in [-0.25, -0.2) is 9.18 Å². The van der Waals surface area contributed by atoms with Crippen molar-refractivity contribution >= 4 is 23.2 Å². The number of aromatic amines is 1. The highest BCUT2D eigenvalue weighted by Crippen LogP contribution is 2.30. The normalized spacial score (nSPS) is 16.0. The van der Waals surface area contributed by atoms with Crippen LogP contribution in [0, 0.1) is 11.6 Å². The number of halogens is 2. The molecule has 1 amide bonds. The number of rotatable bonds is 9. The van der Waals surface area contributed by atoms with Gasteiger partial charge in [-0.2, -0.15) is 4.39 Å². The Morgan fingerprint density at radius 3 is 2.53 bits per heavy atom. The Balaban J connectivity index is 1.41. The van der Waals surface area contributed by atoms with Gasteiger partial charge >= 0.3 is 10.8 Å². The predicted octanol–water partition coefficient (Wildman–Crippen LogP) is 2.67. The summed E-state index contributed by atoms with van der Waals surface area (Å²) in [6, 6.07) is 7.12. The first kappa shape index (κ1) is 25.3. The Morgan fingerprint density at radius 1 is 1.17 bits per heavy atom. The number of benzene rings is 2. The lowest BCUT2D eigenvalue weighted by atomic mass is 10.0. The number of ether oxygens (including phenoxy) is 1. The molecule has 0 radical (unpaired) electrons. The van der Waals surface area contributed by atoms with E-state index in [0.29, 0.717) is 29.9 Å². The van der Waals surface area contributed by atoms with Crippen molar-refractivity contribution in [2.75, 3.05) is 6.54 Å². The van der Waals surface area contributed by atoms with E-state index in [1.165, 1.54) is 24.3 Å². The van der Waals surface area contributed by atoms with Crippen LogP contribution >= 0.6 is 11.3 Å². The maximum absolute atomic E-state index is 14.6. The summed E-state index contributed by atoms with van der Waals surface area (Å²) in [5, 5.41) is 24.7. The van der Waals surface area contributed by atoms with Gasteiger partial charge in [0.1, 0.15) is 11.8 Å². The predicted molar refractivity (Wildman–Crippen MR) is 127 cm³/mol. The Bertz CT molecular complexity index is 1320. The van der Waals surface area contributed by atoms with Crippen molar-refractivity contribution in [3.63, 3.8) is 0 Å². The molecule has 0 saturated carbocycles. The number of aromatic nitrogens is 1. The largest absolute Gasteiger partial charge is 0.494 e. The van der Waals surface area contributed by atoms with Crippen LogP contribution in [0.2, 0.25) is 0 Å². The molecule has 0 aliphatic carbocycles. The topological polar surface area (TPSA) is 141 Å². The maximum Gasteiger partial charge on any atom is 0.326 e. The third kappa shape index (κ3) is 5.89. The second-order valence-corrected chi connectivity index (χ2v) is 9.38. The molecule has 2 heterocycles. The Morgan fingerprint density at radius 2 is 1.92 bits per heavy atom. The molecule has 12 heteroatoms. The molecular weight excluding hydrogens is 496 g/mol. The molecular formula is C24H23F2N3O6S. The van der Waals surface area contributed by atoms with E-state index < -0.39 is 34.6 Å². The average Bonchev–Trinajstić information content (AvgIpc) is 3.49. The number of carboxylic acid groups (broad SMARTS) is 1. The third-order valence-electron chi connectivity index (χ3n) is 5.76. The molecule has 190 valence electrons. The van der Waals surface area contributed by atoms with Crippen molar-refractivity contribution < 1.29 is 33.3 Å². The molecule has 1 aliphatic heterocycles. The molecule has 1 fully saturated rings. The number of hydrogen-bond acceptors (Lipinski definition) is 7. The zero-order valence-electron chi connectivity index (χ0n) is 18.8. The highest BCUT2D eigenvalue weighted by atomic mass is 32.1. The van der Waals surface area contributed by atoms with Crippen molar-refractivity contribution in [2.24, 2.45) is 0 Å². The van der Waals surface area contributed by atoms with Crippen molar-refractivity contribution in [2.45, 2.75) is 37.8 Å². The smallest absolute Gasteiger partial charge is 0.326 e. The SMILES string of the molecule is O=C(O)C(Cc1ccc(Oc2ccc(Cc3sc(=O)[nH]c3O)c(F)c2F)cc1)NC(=O)C1CCCN1. The molecule has 1 saturated heterocycles. The number of nitrogens with one attached hydrogen (secondary N) is 3. The first-order valence-electron chi connectivity index (χ1n) is 11.1. The van der Waals surface area contributed by atoms with Crippen LogP contribution in [0.5, 0.6) is 17.4 Å². The third-order valence-corrected chi connectivity index (χ3v) is 6.63. The van der Waals surface area contributed by atoms with Crippen molar-refractivity contribution in [3.05, 3.63) is 73.7 Å². The lowest BCUT2D eigenvalue weighted by molar-refractivity contribution is -0.142. The fourth-order valence-electron chi connectivity index (χ4n) is 3.87. The fourth-order valence-corrected chi connectivity index (χ4v) is 4.62. The van der Waals surface area contributed by atoms with Gasteiger partial charge in [-0.3, -0.25) is 14.6 Å². The van der Waals surface area contributed by atoms with E-state index in [1.54, 1.807) is 12.1 Å². The number of carbonyl (C=O) groups excluding carboxylic acids is 1. The van der Waals surface area contributed by atoms with Gasteiger partial charge in [-0.05, 0) is 48.7 Å². The summed E-state index contributed by atoms with van der Waals surface area (Å²) in [6.07, 6.45) is 1.36. The zero-order chi connectivity index (χ0) is 25.8. The van der Waals surface area contributed by atoms with E-state index in [4.69, 9.17) is 4.74 Å². The van der Waals surface area contributed by atoms with E-state index in [0.717, 1.165) is 6.42 Å². The molecule has 3 aromatic rings. The van der Waals surface area contributed by atoms with E-state index in [2.05, 4.69) is 15.6 Å². The van der Waals surface area contributed by atoms with Gasteiger partial charge in [0, 0.05) is 12.8 Å². The van der Waals surface area contributed by atoms with Gasteiger partial charge in [0.2, 0.25) is 17.6 Å². The monoisotopic (exact) mass is 519 g/mol. The first-order chi connectivity index (χ1) is 17.2. The van der Waals surface area contributed by atoms with Crippen molar-refractivity contribution in [3.8, 4) is 17.4 Å². The lowest BCUT2D eigenvalue weighted by Gasteiger charge is -2.18. The zero-order valence-corrected chi connectivity index (χ0v) is 19.7. The first-order valence-corrected chi connectivity index (χ1v) is 11.9. The minimum absolute atomic E-state index is 0.0316. The van der Waals surface area contributed by atoms with Crippen molar-refractivity contribution in [1.82, 2.24) is 15.6 Å². The molecule has 9 nitrogen and oxygen atoms in total. The number of hydrogen-bond donors (Lipinski definition) is 5. The number of aromatic hydroxyl groups is 1. The van der Waals surface area contributed by atoms with E-state index in [-0.39, 0.29) is 46.6 Å². The standard InChI is InChI=1S/C24H23F2N3O6S/c25-19-13(11-18-22(31)29-24(34)36-18)5-8-17(20(19)26)35-14-6-3-12(4-7-14)10-16(23(32)33)28-21(30)15-2-1-9-27-15/h3-8,15-16,27,31H,1-2,9-11H2,(H,28,30)(H,29,34)(H,32,33). The highest BCUT2D eigenvalue weighted by molar-refractivity contribution is 7.09. The number of aliphatic carboxylic acids is 1. The van der Waals surface area contributed by atoms with Gasteiger partial charge in [-0.15, -0.1) is 0 Å². The summed E-state index contributed by atoms with van der Waals surface area (Å²) < 4.78 is 34.6. The van der Waals surface area contributed by atoms with Crippen LogP contribution in [0.1, 0.15) is 28.8 Å². The molecule has 2 atom stereocenters. The number of amides is 1. The van der Waals surface area contributed by atoms with Gasteiger partial charge in [0.15, 0.2) is 11.6 Å².